The van der Waals surface area contributed by atoms with Crippen molar-refractivity contribution < 1.29 is 4.74 Å². The van der Waals surface area contributed by atoms with Crippen LogP contribution in [-0.4, -0.2) is 22.6 Å². The first-order chi connectivity index (χ1) is 9.76. The molecule has 0 saturated heterocycles. The van der Waals surface area contributed by atoms with E-state index in [1.165, 1.54) is 38.4 Å². The Kier molecular flexibility index (Phi) is 5.44. The second kappa shape index (κ2) is 7.31. The maximum absolute atomic E-state index is 6.09. The van der Waals surface area contributed by atoms with Crippen molar-refractivity contribution in [3.8, 4) is 5.88 Å². The van der Waals surface area contributed by atoms with Gasteiger partial charge in [-0.2, -0.15) is 4.98 Å². The highest BCUT2D eigenvalue weighted by Gasteiger charge is 2.23. The van der Waals surface area contributed by atoms with Crippen LogP contribution in [0.2, 0.25) is 0 Å². The van der Waals surface area contributed by atoms with Gasteiger partial charge in [0.2, 0.25) is 5.88 Å². The molecule has 20 heavy (non-hydrogen) atoms. The van der Waals surface area contributed by atoms with Crippen LogP contribution in [0.25, 0.3) is 0 Å². The molecular weight excluding hydrogens is 252 g/mol. The van der Waals surface area contributed by atoms with Crippen molar-refractivity contribution >= 4 is 11.5 Å². The van der Waals surface area contributed by atoms with E-state index in [2.05, 4.69) is 22.2 Å². The maximum atomic E-state index is 6.09. The SMILES string of the molecule is CCOc1ncnc(NC(CC)C2CCCCC2)c1N. The highest BCUT2D eigenvalue weighted by atomic mass is 16.5. The number of hydrogen-bond acceptors (Lipinski definition) is 5. The number of nitrogen functional groups attached to an aromatic ring is 1. The summed E-state index contributed by atoms with van der Waals surface area (Å²) in [6, 6.07) is 0.432. The quantitative estimate of drug-likeness (QED) is 0.835. The molecule has 0 amide bonds. The molecule has 1 aliphatic rings. The van der Waals surface area contributed by atoms with Gasteiger partial charge in [-0.3, -0.25) is 0 Å². The van der Waals surface area contributed by atoms with Gasteiger partial charge >= 0.3 is 0 Å². The molecule has 1 fully saturated rings. The van der Waals surface area contributed by atoms with Gasteiger partial charge in [0, 0.05) is 6.04 Å². The van der Waals surface area contributed by atoms with Crippen LogP contribution in [0.3, 0.4) is 0 Å². The minimum absolute atomic E-state index is 0.432. The van der Waals surface area contributed by atoms with Gasteiger partial charge in [0.15, 0.2) is 5.82 Å². The van der Waals surface area contributed by atoms with Crippen LogP contribution in [0, 0.1) is 5.92 Å². The van der Waals surface area contributed by atoms with Crippen LogP contribution in [0.4, 0.5) is 11.5 Å². The molecule has 2 rings (SSSR count). The Bertz CT molecular complexity index is 418. The standard InChI is InChI=1S/C15H26N4O/c1-3-12(11-8-6-5-7-9-11)19-14-13(16)15(20-4-2)18-10-17-14/h10-12H,3-9,16H2,1-2H3,(H,17,18,19). The normalized spacial score (nSPS) is 17.7. The molecule has 0 bridgehead atoms. The topological polar surface area (TPSA) is 73.1 Å². The molecule has 112 valence electrons. The Hall–Kier alpha value is -1.52. The van der Waals surface area contributed by atoms with Crippen LogP contribution in [0.15, 0.2) is 6.33 Å². The summed E-state index contributed by atoms with van der Waals surface area (Å²) in [5.74, 6) is 1.91. The highest BCUT2D eigenvalue weighted by molar-refractivity contribution is 5.66. The molecule has 0 aromatic carbocycles. The Morgan fingerprint density at radius 2 is 2.05 bits per heavy atom. The minimum atomic E-state index is 0.432. The highest BCUT2D eigenvalue weighted by Crippen LogP contribution is 2.31. The summed E-state index contributed by atoms with van der Waals surface area (Å²) in [4.78, 5) is 8.35. The van der Waals surface area contributed by atoms with E-state index in [0.29, 0.717) is 30.0 Å². The zero-order valence-electron chi connectivity index (χ0n) is 12.6. The molecule has 1 aliphatic carbocycles. The predicted molar refractivity (Wildman–Crippen MR) is 81.9 cm³/mol. The first kappa shape index (κ1) is 14.9. The maximum Gasteiger partial charge on any atom is 0.242 e. The Morgan fingerprint density at radius 3 is 2.70 bits per heavy atom. The van der Waals surface area contributed by atoms with Crippen molar-refractivity contribution in [1.29, 1.82) is 0 Å². The van der Waals surface area contributed by atoms with Crippen molar-refractivity contribution in [1.82, 2.24) is 9.97 Å². The largest absolute Gasteiger partial charge is 0.476 e. The van der Waals surface area contributed by atoms with Crippen molar-refractivity contribution in [3.05, 3.63) is 6.33 Å². The molecule has 3 N–H and O–H groups in total. The number of rotatable bonds is 6. The summed E-state index contributed by atoms with van der Waals surface area (Å²) < 4.78 is 5.42. The predicted octanol–water partition coefficient (Wildman–Crippen LogP) is 3.23. The van der Waals surface area contributed by atoms with Gasteiger partial charge in [-0.05, 0) is 32.1 Å². The van der Waals surface area contributed by atoms with Gasteiger partial charge in [-0.1, -0.05) is 26.2 Å². The summed E-state index contributed by atoms with van der Waals surface area (Å²) in [7, 11) is 0. The van der Waals surface area contributed by atoms with Crippen LogP contribution in [0.1, 0.15) is 52.4 Å². The number of nitrogens with one attached hydrogen (secondary N) is 1. The summed E-state index contributed by atoms with van der Waals surface area (Å²) in [6.07, 6.45) is 9.24. The fourth-order valence-electron chi connectivity index (χ4n) is 3.01. The van der Waals surface area contributed by atoms with Gasteiger partial charge < -0.3 is 15.8 Å². The molecular formula is C15H26N4O. The van der Waals surface area contributed by atoms with Crippen molar-refractivity contribution in [2.75, 3.05) is 17.7 Å². The zero-order valence-corrected chi connectivity index (χ0v) is 12.6. The molecule has 1 unspecified atom stereocenters. The third-order valence-electron chi connectivity index (χ3n) is 4.11. The summed E-state index contributed by atoms with van der Waals surface area (Å²) in [5, 5.41) is 3.51. The first-order valence-corrected chi connectivity index (χ1v) is 7.76. The van der Waals surface area contributed by atoms with E-state index in [0.717, 1.165) is 12.3 Å². The van der Waals surface area contributed by atoms with Gasteiger partial charge in [-0.25, -0.2) is 4.98 Å². The summed E-state index contributed by atoms with van der Waals surface area (Å²) >= 11 is 0. The molecule has 1 aromatic heterocycles. The number of aromatic nitrogens is 2. The molecule has 0 aliphatic heterocycles. The van der Waals surface area contributed by atoms with E-state index in [-0.39, 0.29) is 0 Å². The Morgan fingerprint density at radius 1 is 1.30 bits per heavy atom. The molecule has 0 radical (unpaired) electrons. The average Bonchev–Trinajstić information content (AvgIpc) is 2.49. The number of hydrogen-bond donors (Lipinski definition) is 2. The summed E-state index contributed by atoms with van der Waals surface area (Å²) in [6.45, 7) is 4.69. The third-order valence-corrected chi connectivity index (χ3v) is 4.11. The molecule has 1 heterocycles. The minimum Gasteiger partial charge on any atom is -0.476 e. The lowest BCUT2D eigenvalue weighted by molar-refractivity contribution is 0.312. The van der Waals surface area contributed by atoms with Gasteiger partial charge in [0.25, 0.3) is 0 Å². The zero-order chi connectivity index (χ0) is 14.4. The van der Waals surface area contributed by atoms with Crippen molar-refractivity contribution in [3.63, 3.8) is 0 Å². The summed E-state index contributed by atoms with van der Waals surface area (Å²) in [5.41, 5.74) is 6.61. The molecule has 0 spiro atoms. The fourth-order valence-corrected chi connectivity index (χ4v) is 3.01. The molecule has 5 nitrogen and oxygen atoms in total. The molecule has 5 heteroatoms. The molecule has 1 saturated carbocycles. The molecule has 1 atom stereocenters. The van der Waals surface area contributed by atoms with Crippen LogP contribution in [0.5, 0.6) is 5.88 Å². The van der Waals surface area contributed by atoms with Crippen LogP contribution < -0.4 is 15.8 Å². The third kappa shape index (κ3) is 3.52. The number of nitrogens with zero attached hydrogens (tertiary/aromatic N) is 2. The van der Waals surface area contributed by atoms with E-state index in [1.54, 1.807) is 0 Å². The average molecular weight is 278 g/mol. The smallest absolute Gasteiger partial charge is 0.242 e. The van der Waals surface area contributed by atoms with E-state index in [9.17, 15) is 0 Å². The molecule has 1 aromatic rings. The Balaban J connectivity index is 2.08. The van der Waals surface area contributed by atoms with Gasteiger partial charge in [-0.15, -0.1) is 0 Å². The van der Waals surface area contributed by atoms with Crippen LogP contribution >= 0.6 is 0 Å². The van der Waals surface area contributed by atoms with Crippen molar-refractivity contribution in [2.24, 2.45) is 5.92 Å². The number of nitrogens with two attached hydrogens (primary N) is 1. The number of anilines is 2. The second-order valence-corrected chi connectivity index (χ2v) is 5.43. The lowest BCUT2D eigenvalue weighted by atomic mass is 9.83. The van der Waals surface area contributed by atoms with Crippen molar-refractivity contribution in [2.45, 2.75) is 58.4 Å². The second-order valence-electron chi connectivity index (χ2n) is 5.43. The van der Waals surface area contributed by atoms with Gasteiger partial charge in [0.1, 0.15) is 12.0 Å². The lowest BCUT2D eigenvalue weighted by Gasteiger charge is -2.31. The monoisotopic (exact) mass is 278 g/mol. The van der Waals surface area contributed by atoms with E-state index in [1.807, 2.05) is 6.92 Å². The van der Waals surface area contributed by atoms with Crippen LogP contribution in [-0.2, 0) is 0 Å². The van der Waals surface area contributed by atoms with E-state index in [4.69, 9.17) is 10.5 Å². The fraction of sp³-hybridized carbons (Fsp3) is 0.733. The Labute approximate surface area is 121 Å². The van der Waals surface area contributed by atoms with E-state index >= 15 is 0 Å². The lowest BCUT2D eigenvalue weighted by Crippen LogP contribution is -2.30. The number of ether oxygens (including phenoxy) is 1. The van der Waals surface area contributed by atoms with E-state index < -0.39 is 0 Å². The van der Waals surface area contributed by atoms with Gasteiger partial charge in [0.05, 0.1) is 6.61 Å². The first-order valence-electron chi connectivity index (χ1n) is 7.76.